The van der Waals surface area contributed by atoms with Crippen molar-refractivity contribution in [1.82, 2.24) is 4.90 Å². The molecule has 4 nitrogen and oxygen atoms in total. The maximum Gasteiger partial charge on any atom is 0.254 e. The molecule has 0 N–H and O–H groups in total. The normalized spacial score (nSPS) is 25.9. The predicted molar refractivity (Wildman–Crippen MR) is 64.7 cm³/mol. The number of benzene rings is 1. The average Bonchev–Trinajstić information content (AvgIpc) is 2.90. The van der Waals surface area contributed by atoms with Gasteiger partial charge < -0.3 is 4.74 Å². The maximum absolute atomic E-state index is 11.8. The molecule has 4 heteroatoms. The summed E-state index contributed by atoms with van der Waals surface area (Å²) in [6.45, 7) is 0. The molecule has 2 atom stereocenters. The molecule has 1 aliphatic carbocycles. The first-order valence-corrected chi connectivity index (χ1v) is 5.88. The molecule has 0 saturated carbocycles. The Morgan fingerprint density at radius 1 is 1.17 bits per heavy atom. The molecular formula is C14H13NO3. The van der Waals surface area contributed by atoms with E-state index in [0.717, 1.165) is 17.5 Å². The van der Waals surface area contributed by atoms with E-state index >= 15 is 0 Å². The van der Waals surface area contributed by atoms with Crippen LogP contribution in [0.3, 0.4) is 0 Å². The summed E-state index contributed by atoms with van der Waals surface area (Å²) >= 11 is 0. The van der Waals surface area contributed by atoms with Crippen LogP contribution < -0.4 is 0 Å². The topological polar surface area (TPSA) is 46.6 Å². The second-order valence-corrected chi connectivity index (χ2v) is 4.50. The van der Waals surface area contributed by atoms with Gasteiger partial charge in [0, 0.05) is 25.7 Å². The molecule has 18 heavy (non-hydrogen) atoms. The van der Waals surface area contributed by atoms with Gasteiger partial charge in [-0.1, -0.05) is 24.3 Å². The molecular weight excluding hydrogens is 230 g/mol. The Hall–Kier alpha value is -1.94. The van der Waals surface area contributed by atoms with Gasteiger partial charge >= 0.3 is 0 Å². The molecule has 0 bridgehead atoms. The van der Waals surface area contributed by atoms with E-state index in [1.54, 1.807) is 7.11 Å². The average molecular weight is 243 g/mol. The summed E-state index contributed by atoms with van der Waals surface area (Å²) in [5.41, 5.74) is 2.15. The summed E-state index contributed by atoms with van der Waals surface area (Å²) in [5, 5.41) is 0. The van der Waals surface area contributed by atoms with E-state index in [-0.39, 0.29) is 24.0 Å². The number of ether oxygens (including phenoxy) is 1. The van der Waals surface area contributed by atoms with Crippen molar-refractivity contribution in [3.63, 3.8) is 0 Å². The number of amides is 2. The van der Waals surface area contributed by atoms with Gasteiger partial charge in [-0.25, -0.2) is 0 Å². The number of imide groups is 1. The molecule has 0 unspecified atom stereocenters. The molecule has 92 valence electrons. The van der Waals surface area contributed by atoms with Gasteiger partial charge in [-0.3, -0.25) is 14.5 Å². The Morgan fingerprint density at radius 2 is 1.83 bits per heavy atom. The highest BCUT2D eigenvalue weighted by Crippen LogP contribution is 2.38. The van der Waals surface area contributed by atoms with Crippen molar-refractivity contribution >= 4 is 11.8 Å². The minimum Gasteiger partial charge on any atom is -0.379 e. The van der Waals surface area contributed by atoms with Gasteiger partial charge in [-0.2, -0.15) is 0 Å². The van der Waals surface area contributed by atoms with E-state index in [0.29, 0.717) is 0 Å². The molecule has 0 aromatic heterocycles. The minimum atomic E-state index is -0.304. The zero-order chi connectivity index (χ0) is 12.7. The van der Waals surface area contributed by atoms with Crippen molar-refractivity contribution in [2.24, 2.45) is 0 Å². The third kappa shape index (κ3) is 1.49. The zero-order valence-corrected chi connectivity index (χ0v) is 10.00. The van der Waals surface area contributed by atoms with E-state index in [1.165, 1.54) is 17.1 Å². The van der Waals surface area contributed by atoms with Gasteiger partial charge in [0.15, 0.2) is 0 Å². The van der Waals surface area contributed by atoms with E-state index in [4.69, 9.17) is 4.74 Å². The lowest BCUT2D eigenvalue weighted by Crippen LogP contribution is -2.39. The number of hydrogen-bond acceptors (Lipinski definition) is 3. The van der Waals surface area contributed by atoms with Crippen molar-refractivity contribution in [3.05, 3.63) is 47.5 Å². The Balaban J connectivity index is 2.04. The molecule has 3 rings (SSSR count). The lowest BCUT2D eigenvalue weighted by atomic mass is 10.1. The minimum absolute atomic E-state index is 0.157. The molecule has 2 amide bonds. The summed E-state index contributed by atoms with van der Waals surface area (Å²) in [7, 11) is 1.61. The van der Waals surface area contributed by atoms with E-state index in [9.17, 15) is 9.59 Å². The largest absolute Gasteiger partial charge is 0.379 e. The van der Waals surface area contributed by atoms with Crippen LogP contribution in [0.4, 0.5) is 0 Å². The molecule has 0 spiro atoms. The number of carbonyl (C=O) groups is 2. The van der Waals surface area contributed by atoms with Crippen molar-refractivity contribution in [3.8, 4) is 0 Å². The molecule has 1 aromatic rings. The second-order valence-electron chi connectivity index (χ2n) is 4.50. The maximum atomic E-state index is 11.8. The second kappa shape index (κ2) is 4.07. The highest BCUT2D eigenvalue weighted by molar-refractivity contribution is 6.13. The Kier molecular flexibility index (Phi) is 2.52. The van der Waals surface area contributed by atoms with Crippen LogP contribution in [0.2, 0.25) is 0 Å². The monoisotopic (exact) mass is 243 g/mol. The number of hydrogen-bond donors (Lipinski definition) is 0. The molecule has 0 fully saturated rings. The first kappa shape index (κ1) is 11.2. The van der Waals surface area contributed by atoms with Crippen LogP contribution >= 0.6 is 0 Å². The van der Waals surface area contributed by atoms with Crippen LogP contribution in [-0.4, -0.2) is 29.9 Å². The third-order valence-electron chi connectivity index (χ3n) is 3.57. The van der Waals surface area contributed by atoms with Gasteiger partial charge in [0.1, 0.15) is 0 Å². The Morgan fingerprint density at radius 3 is 2.50 bits per heavy atom. The summed E-state index contributed by atoms with van der Waals surface area (Å²) in [6.07, 6.45) is 3.20. The molecule has 0 saturated heterocycles. The van der Waals surface area contributed by atoms with Gasteiger partial charge in [0.2, 0.25) is 0 Å². The zero-order valence-electron chi connectivity index (χ0n) is 10.00. The van der Waals surface area contributed by atoms with Crippen molar-refractivity contribution < 1.29 is 14.3 Å². The fourth-order valence-electron chi connectivity index (χ4n) is 2.74. The standard InChI is InChI=1S/C14H13NO3/c1-18-11-8-9-4-2-3-5-10(9)14(11)15-12(16)6-7-13(15)17/h2-7,11,14H,8H2,1H3/t11-,14+/m1/s1. The number of carbonyl (C=O) groups excluding carboxylic acids is 2. The predicted octanol–water partition coefficient (Wildman–Crippen LogP) is 1.22. The van der Waals surface area contributed by atoms with Crippen molar-refractivity contribution in [1.29, 1.82) is 0 Å². The van der Waals surface area contributed by atoms with E-state index in [2.05, 4.69) is 0 Å². The van der Waals surface area contributed by atoms with E-state index in [1.807, 2.05) is 24.3 Å². The summed E-state index contributed by atoms with van der Waals surface area (Å²) in [5.74, 6) is -0.521. The number of rotatable bonds is 2. The molecule has 1 heterocycles. The highest BCUT2D eigenvalue weighted by atomic mass is 16.5. The van der Waals surface area contributed by atoms with Crippen LogP contribution in [0.1, 0.15) is 17.2 Å². The van der Waals surface area contributed by atoms with Gasteiger partial charge in [-0.15, -0.1) is 0 Å². The lowest BCUT2D eigenvalue weighted by molar-refractivity contribution is -0.142. The van der Waals surface area contributed by atoms with E-state index < -0.39 is 0 Å². The van der Waals surface area contributed by atoms with Crippen LogP contribution in [-0.2, 0) is 20.7 Å². The quantitative estimate of drug-likeness (QED) is 0.734. The first-order valence-electron chi connectivity index (χ1n) is 5.88. The first-order chi connectivity index (χ1) is 8.72. The number of nitrogens with zero attached hydrogens (tertiary/aromatic N) is 1. The van der Waals surface area contributed by atoms with Crippen molar-refractivity contribution in [2.75, 3.05) is 7.11 Å². The third-order valence-corrected chi connectivity index (χ3v) is 3.57. The summed E-state index contributed by atoms with van der Waals surface area (Å²) in [4.78, 5) is 24.9. The van der Waals surface area contributed by atoms with Gasteiger partial charge in [0.25, 0.3) is 11.8 Å². The summed E-state index contributed by atoms with van der Waals surface area (Å²) < 4.78 is 5.44. The van der Waals surface area contributed by atoms with Crippen LogP contribution in [0.15, 0.2) is 36.4 Å². The van der Waals surface area contributed by atoms with Crippen LogP contribution in [0.5, 0.6) is 0 Å². The Labute approximate surface area is 105 Å². The SMILES string of the molecule is CO[C@@H]1Cc2ccccc2[C@@H]1N1C(=O)C=CC1=O. The van der Waals surface area contributed by atoms with Gasteiger partial charge in [0.05, 0.1) is 12.1 Å². The molecule has 2 aliphatic rings. The molecule has 0 radical (unpaired) electrons. The lowest BCUT2D eigenvalue weighted by Gasteiger charge is -2.27. The summed E-state index contributed by atoms with van der Waals surface area (Å²) in [6, 6.07) is 7.54. The van der Waals surface area contributed by atoms with Crippen molar-refractivity contribution in [2.45, 2.75) is 18.6 Å². The van der Waals surface area contributed by atoms with Crippen LogP contribution in [0, 0.1) is 0 Å². The molecule has 1 aliphatic heterocycles. The Bertz CT molecular complexity index is 532. The van der Waals surface area contributed by atoms with Crippen LogP contribution in [0.25, 0.3) is 0 Å². The number of fused-ring (bicyclic) bond motifs is 1. The highest BCUT2D eigenvalue weighted by Gasteiger charge is 2.42. The fourth-order valence-corrected chi connectivity index (χ4v) is 2.74. The number of methoxy groups -OCH3 is 1. The fraction of sp³-hybridized carbons (Fsp3) is 0.286. The smallest absolute Gasteiger partial charge is 0.254 e. The molecule has 1 aromatic carbocycles. The van der Waals surface area contributed by atoms with Gasteiger partial charge in [-0.05, 0) is 11.1 Å².